The molecule has 0 bridgehead atoms. The second-order valence-electron chi connectivity index (χ2n) is 14.9. The molecule has 1 N–H and O–H groups in total. The summed E-state index contributed by atoms with van der Waals surface area (Å²) in [5, 5.41) is 0. The van der Waals surface area contributed by atoms with Gasteiger partial charge in [0.1, 0.15) is 0 Å². The van der Waals surface area contributed by atoms with Crippen LogP contribution in [-0.4, -0.2) is 73.0 Å². The van der Waals surface area contributed by atoms with Gasteiger partial charge in [-0.1, -0.05) is 154 Å². The van der Waals surface area contributed by atoms with Gasteiger partial charge in [0.2, 0.25) is 0 Å². The van der Waals surface area contributed by atoms with Gasteiger partial charge < -0.3 is 14.4 Å². The summed E-state index contributed by atoms with van der Waals surface area (Å²) in [4.78, 5) is 1.89. The zero-order valence-electron chi connectivity index (χ0n) is 34.3. The predicted octanol–water partition coefficient (Wildman–Crippen LogP) is 11.9. The Bertz CT molecular complexity index is 803. The highest BCUT2D eigenvalue weighted by Crippen LogP contribution is 2.12. The summed E-state index contributed by atoms with van der Waals surface area (Å²) in [6.45, 7) is 7.03. The Kier molecular flexibility index (Phi) is 39.8. The van der Waals surface area contributed by atoms with Gasteiger partial charge in [0.05, 0.1) is 25.9 Å². The Balaban J connectivity index is 4.01. The molecule has 0 radical (unpaired) electrons. The number of nitrogens with one attached hydrogen (secondary N) is 1. The zero-order valence-corrected chi connectivity index (χ0v) is 35.1. The average Bonchev–Trinajstić information content (AvgIpc) is 3.10. The van der Waals surface area contributed by atoms with Gasteiger partial charge in [-0.05, 0) is 78.3 Å². The van der Waals surface area contributed by atoms with Crippen molar-refractivity contribution in [2.75, 3.05) is 53.7 Å². The third-order valence-electron chi connectivity index (χ3n) is 9.33. The van der Waals surface area contributed by atoms with Crippen molar-refractivity contribution in [3.63, 3.8) is 0 Å². The Morgan fingerprint density at radius 2 is 0.824 bits per heavy atom. The molecule has 304 valence electrons. The lowest BCUT2D eigenvalue weighted by atomic mass is 10.1. The van der Waals surface area contributed by atoms with Crippen molar-refractivity contribution < 1.29 is 22.1 Å². The van der Waals surface area contributed by atoms with E-state index in [9.17, 15) is 8.42 Å². The topological polar surface area (TPSA) is 77.1 Å². The van der Waals surface area contributed by atoms with Gasteiger partial charge in [0.15, 0.2) is 0 Å². The first-order chi connectivity index (χ1) is 24.9. The van der Waals surface area contributed by atoms with Gasteiger partial charge in [-0.15, -0.1) is 0 Å². The molecule has 7 nitrogen and oxygen atoms in total. The summed E-state index contributed by atoms with van der Waals surface area (Å²) in [6, 6.07) is -0.461. The number of nitrogens with zero attached hydrogens (tertiary/aromatic N) is 1. The molecule has 8 heteroatoms. The summed E-state index contributed by atoms with van der Waals surface area (Å²) in [6.07, 6.45) is 45.2. The van der Waals surface area contributed by atoms with Crippen LogP contribution in [0.1, 0.15) is 194 Å². The SMILES string of the molecule is CCCCCCCCC=CCCCCCCCCOCC(COCCCCCCCCC=CCCCCCCCC)NS(=O)(=O)OCCN(C)C. The maximum Gasteiger partial charge on any atom is 0.336 e. The summed E-state index contributed by atoms with van der Waals surface area (Å²) in [5.74, 6) is 0. The van der Waals surface area contributed by atoms with E-state index in [-0.39, 0.29) is 19.8 Å². The molecule has 0 atom stereocenters. The maximum atomic E-state index is 12.5. The monoisotopic (exact) mass is 743 g/mol. The number of hydrogen-bond acceptors (Lipinski definition) is 6. The number of hydrogen-bond donors (Lipinski definition) is 1. The number of unbranched alkanes of at least 4 members (excludes halogenated alkanes) is 24. The quantitative estimate of drug-likeness (QED) is 0.0496. The first-order valence-electron chi connectivity index (χ1n) is 21.7. The largest absolute Gasteiger partial charge is 0.380 e. The van der Waals surface area contributed by atoms with E-state index in [2.05, 4.69) is 42.9 Å². The third kappa shape index (κ3) is 41.8. The number of rotatable bonds is 42. The van der Waals surface area contributed by atoms with Gasteiger partial charge in [-0.3, -0.25) is 4.18 Å². The van der Waals surface area contributed by atoms with Crippen LogP contribution in [0.2, 0.25) is 0 Å². The lowest BCUT2D eigenvalue weighted by Crippen LogP contribution is -2.43. The Morgan fingerprint density at radius 3 is 1.18 bits per heavy atom. The smallest absolute Gasteiger partial charge is 0.336 e. The van der Waals surface area contributed by atoms with Gasteiger partial charge in [-0.25, -0.2) is 0 Å². The van der Waals surface area contributed by atoms with E-state index in [0.29, 0.717) is 19.8 Å². The van der Waals surface area contributed by atoms with Crippen molar-refractivity contribution in [1.29, 1.82) is 0 Å². The van der Waals surface area contributed by atoms with Crippen LogP contribution in [0.3, 0.4) is 0 Å². The molecule has 0 amide bonds. The minimum Gasteiger partial charge on any atom is -0.380 e. The first-order valence-corrected chi connectivity index (χ1v) is 23.1. The highest BCUT2D eigenvalue weighted by molar-refractivity contribution is 7.84. The second kappa shape index (κ2) is 40.4. The van der Waals surface area contributed by atoms with E-state index in [1.165, 1.54) is 154 Å². The van der Waals surface area contributed by atoms with Crippen molar-refractivity contribution in [3.8, 4) is 0 Å². The van der Waals surface area contributed by atoms with Crippen LogP contribution in [0, 0.1) is 0 Å². The average molecular weight is 743 g/mol. The third-order valence-corrected chi connectivity index (χ3v) is 10.4. The molecule has 0 saturated carbocycles. The van der Waals surface area contributed by atoms with E-state index in [1.54, 1.807) is 0 Å². The summed E-state index contributed by atoms with van der Waals surface area (Å²) in [7, 11) is -0.0929. The van der Waals surface area contributed by atoms with Crippen LogP contribution in [0.15, 0.2) is 24.3 Å². The van der Waals surface area contributed by atoms with Crippen LogP contribution >= 0.6 is 0 Å². The van der Waals surface area contributed by atoms with Gasteiger partial charge in [0.25, 0.3) is 0 Å². The molecule has 0 unspecified atom stereocenters. The molecule has 0 fully saturated rings. The molecule has 0 aromatic rings. The van der Waals surface area contributed by atoms with Gasteiger partial charge in [-0.2, -0.15) is 13.1 Å². The van der Waals surface area contributed by atoms with Crippen LogP contribution in [-0.2, 0) is 24.0 Å². The predicted molar refractivity (Wildman–Crippen MR) is 221 cm³/mol. The number of likely N-dealkylation sites (N-methyl/N-ethyl adjacent to an activating group) is 1. The van der Waals surface area contributed by atoms with E-state index < -0.39 is 16.3 Å². The second-order valence-corrected chi connectivity index (χ2v) is 16.3. The van der Waals surface area contributed by atoms with E-state index in [4.69, 9.17) is 13.7 Å². The first kappa shape index (κ1) is 50.2. The molecule has 0 aliphatic carbocycles. The molecule has 0 saturated heterocycles. The van der Waals surface area contributed by atoms with Gasteiger partial charge in [0, 0.05) is 19.8 Å². The molecule has 51 heavy (non-hydrogen) atoms. The van der Waals surface area contributed by atoms with Crippen molar-refractivity contribution >= 4 is 10.3 Å². The number of ether oxygens (including phenoxy) is 2. The van der Waals surface area contributed by atoms with Crippen molar-refractivity contribution in [3.05, 3.63) is 24.3 Å². The van der Waals surface area contributed by atoms with E-state index >= 15 is 0 Å². The van der Waals surface area contributed by atoms with Crippen LogP contribution in [0.25, 0.3) is 0 Å². The molecular formula is C43H86N2O5S. The zero-order chi connectivity index (χ0) is 37.4. The Labute approximate surface area is 318 Å². The highest BCUT2D eigenvalue weighted by Gasteiger charge is 2.19. The molecule has 0 aromatic heterocycles. The lowest BCUT2D eigenvalue weighted by molar-refractivity contribution is 0.0583. The van der Waals surface area contributed by atoms with Crippen molar-refractivity contribution in [2.24, 2.45) is 0 Å². The molecule has 0 rings (SSSR count). The normalized spacial score (nSPS) is 13.0. The highest BCUT2D eigenvalue weighted by atomic mass is 32.2. The Morgan fingerprint density at radius 1 is 0.490 bits per heavy atom. The molecule has 0 aromatic carbocycles. The molecule has 0 aliphatic heterocycles. The fraction of sp³-hybridized carbons (Fsp3) is 0.907. The molecule has 0 aliphatic rings. The summed E-state index contributed by atoms with van der Waals surface area (Å²) < 4.78 is 44.7. The fourth-order valence-electron chi connectivity index (χ4n) is 6.04. The minimum atomic E-state index is -3.87. The van der Waals surface area contributed by atoms with Crippen LogP contribution in [0.4, 0.5) is 0 Å². The van der Waals surface area contributed by atoms with Crippen molar-refractivity contribution in [2.45, 2.75) is 200 Å². The van der Waals surface area contributed by atoms with E-state index in [0.717, 1.165) is 25.7 Å². The number of allylic oxidation sites excluding steroid dienone is 4. The molecular weight excluding hydrogens is 657 g/mol. The summed E-state index contributed by atoms with van der Waals surface area (Å²) >= 11 is 0. The van der Waals surface area contributed by atoms with E-state index in [1.807, 2.05) is 19.0 Å². The maximum absolute atomic E-state index is 12.5. The fourth-order valence-corrected chi connectivity index (χ4v) is 6.94. The van der Waals surface area contributed by atoms with Crippen LogP contribution in [0.5, 0.6) is 0 Å². The summed E-state index contributed by atoms with van der Waals surface area (Å²) in [5.41, 5.74) is 0. The van der Waals surface area contributed by atoms with Crippen molar-refractivity contribution in [1.82, 2.24) is 9.62 Å². The lowest BCUT2D eigenvalue weighted by Gasteiger charge is -2.19. The molecule has 0 spiro atoms. The molecule has 0 heterocycles. The minimum absolute atomic E-state index is 0.113. The van der Waals surface area contributed by atoms with Gasteiger partial charge >= 0.3 is 10.3 Å². The standard InChI is InChI=1S/C43H86N2O5S/c1-5-7-9-11-13-15-17-19-21-23-25-27-29-31-33-35-38-48-41-43(44-51(46,47)50-40-37-45(3)4)42-49-39-36-34-32-30-28-26-24-22-20-18-16-14-12-10-8-6-2/h19-22,43-44H,5-18,23-42H2,1-4H3. The Hall–Kier alpha value is -0.770. The van der Waals surface area contributed by atoms with Crippen LogP contribution < -0.4 is 4.72 Å².